The fourth-order valence-corrected chi connectivity index (χ4v) is 3.17. The summed E-state index contributed by atoms with van der Waals surface area (Å²) in [4.78, 5) is 19.0. The molecule has 26 heavy (non-hydrogen) atoms. The minimum absolute atomic E-state index is 0.108. The van der Waals surface area contributed by atoms with Crippen LogP contribution in [-0.2, 0) is 22.6 Å². The average Bonchev–Trinajstić information content (AvgIpc) is 3.15. The van der Waals surface area contributed by atoms with Crippen LogP contribution < -0.4 is 4.74 Å². The second kappa shape index (κ2) is 8.80. The number of rotatable bonds is 7. The lowest BCUT2D eigenvalue weighted by Crippen LogP contribution is -2.40. The van der Waals surface area contributed by atoms with E-state index in [9.17, 15) is 4.79 Å². The van der Waals surface area contributed by atoms with Gasteiger partial charge < -0.3 is 18.9 Å². The van der Waals surface area contributed by atoms with E-state index in [0.717, 1.165) is 30.7 Å². The maximum atomic E-state index is 12.7. The number of hydrogen-bond acceptors (Lipinski definition) is 6. The van der Waals surface area contributed by atoms with Gasteiger partial charge in [0.15, 0.2) is 5.82 Å². The summed E-state index contributed by atoms with van der Waals surface area (Å²) in [6.07, 6.45) is 2.26. The molecule has 2 heterocycles. The van der Waals surface area contributed by atoms with Gasteiger partial charge in [0.05, 0.1) is 13.5 Å². The Morgan fingerprint density at radius 1 is 1.42 bits per heavy atom. The number of ether oxygens (including phenoxy) is 2. The molecule has 1 aromatic heterocycles. The molecule has 1 saturated heterocycles. The average molecular weight is 359 g/mol. The molecule has 7 heteroatoms. The highest BCUT2D eigenvalue weighted by Crippen LogP contribution is 2.25. The Morgan fingerprint density at radius 2 is 2.31 bits per heavy atom. The van der Waals surface area contributed by atoms with Crippen molar-refractivity contribution in [3.63, 3.8) is 0 Å². The minimum Gasteiger partial charge on any atom is -0.497 e. The number of methoxy groups -OCH3 is 1. The largest absolute Gasteiger partial charge is 0.497 e. The molecule has 1 unspecified atom stereocenters. The number of carbonyl (C=O) groups is 1. The molecule has 2 aromatic rings. The molecule has 1 amide bonds. The summed E-state index contributed by atoms with van der Waals surface area (Å²) >= 11 is 0. The van der Waals surface area contributed by atoms with Crippen LogP contribution >= 0.6 is 0 Å². The number of likely N-dealkylation sites (tertiary alicyclic amines) is 1. The molecule has 0 bridgehead atoms. The molecule has 7 nitrogen and oxygen atoms in total. The maximum Gasteiger partial charge on any atom is 0.252 e. The Morgan fingerprint density at radius 3 is 3.12 bits per heavy atom. The van der Waals surface area contributed by atoms with Crippen molar-refractivity contribution in [1.82, 2.24) is 15.0 Å². The number of aromatic nitrogens is 2. The molecule has 0 spiro atoms. The van der Waals surface area contributed by atoms with Crippen molar-refractivity contribution >= 4 is 5.91 Å². The highest BCUT2D eigenvalue weighted by atomic mass is 16.5. The number of amides is 1. The van der Waals surface area contributed by atoms with E-state index in [0.29, 0.717) is 37.9 Å². The molecular formula is C19H25N3O4. The van der Waals surface area contributed by atoms with Gasteiger partial charge in [0, 0.05) is 25.6 Å². The monoisotopic (exact) mass is 359 g/mol. The summed E-state index contributed by atoms with van der Waals surface area (Å²) in [7, 11) is 1.63. The molecule has 1 aliphatic rings. The van der Waals surface area contributed by atoms with Crippen molar-refractivity contribution < 1.29 is 18.8 Å². The van der Waals surface area contributed by atoms with E-state index in [1.807, 2.05) is 36.1 Å². The molecule has 0 saturated carbocycles. The van der Waals surface area contributed by atoms with Gasteiger partial charge in [-0.3, -0.25) is 4.79 Å². The molecule has 0 radical (unpaired) electrons. The summed E-state index contributed by atoms with van der Waals surface area (Å²) in [6.45, 7) is 4.24. The van der Waals surface area contributed by atoms with Crippen molar-refractivity contribution in [1.29, 1.82) is 0 Å². The van der Waals surface area contributed by atoms with E-state index >= 15 is 0 Å². The van der Waals surface area contributed by atoms with Crippen LogP contribution in [-0.4, -0.2) is 47.8 Å². The first-order valence-corrected chi connectivity index (χ1v) is 9.00. The Kier molecular flexibility index (Phi) is 6.22. The zero-order valence-corrected chi connectivity index (χ0v) is 15.3. The fourth-order valence-electron chi connectivity index (χ4n) is 3.17. The maximum absolute atomic E-state index is 12.7. The third kappa shape index (κ3) is 4.60. The normalized spacial score (nSPS) is 17.3. The predicted molar refractivity (Wildman–Crippen MR) is 94.9 cm³/mol. The summed E-state index contributed by atoms with van der Waals surface area (Å²) in [5.74, 6) is 2.14. The zero-order valence-electron chi connectivity index (χ0n) is 15.3. The van der Waals surface area contributed by atoms with Gasteiger partial charge in [0.2, 0.25) is 5.91 Å². The number of hydrogen-bond donors (Lipinski definition) is 0. The second-order valence-corrected chi connectivity index (χ2v) is 6.39. The van der Waals surface area contributed by atoms with Crippen LogP contribution in [0.4, 0.5) is 0 Å². The van der Waals surface area contributed by atoms with Crippen LogP contribution in [0.3, 0.4) is 0 Å². The Bertz CT molecular complexity index is 731. The summed E-state index contributed by atoms with van der Waals surface area (Å²) in [6, 6.07) is 7.63. The van der Waals surface area contributed by atoms with Gasteiger partial charge in [-0.25, -0.2) is 0 Å². The first-order chi connectivity index (χ1) is 12.7. The molecule has 1 aromatic carbocycles. The lowest BCUT2D eigenvalue weighted by Gasteiger charge is -2.31. The van der Waals surface area contributed by atoms with Gasteiger partial charge in [-0.15, -0.1) is 0 Å². The van der Waals surface area contributed by atoms with Crippen LogP contribution in [0.2, 0.25) is 0 Å². The molecule has 0 N–H and O–H groups in total. The van der Waals surface area contributed by atoms with Gasteiger partial charge in [-0.1, -0.05) is 17.3 Å². The molecule has 1 atom stereocenters. The zero-order chi connectivity index (χ0) is 18.4. The van der Waals surface area contributed by atoms with Crippen LogP contribution in [0.1, 0.15) is 43.0 Å². The van der Waals surface area contributed by atoms with Gasteiger partial charge in [0.1, 0.15) is 12.4 Å². The van der Waals surface area contributed by atoms with E-state index in [1.165, 1.54) is 0 Å². The van der Waals surface area contributed by atoms with E-state index < -0.39 is 0 Å². The number of piperidine rings is 1. The van der Waals surface area contributed by atoms with Gasteiger partial charge >= 0.3 is 0 Å². The fraction of sp³-hybridized carbons (Fsp3) is 0.526. The summed E-state index contributed by atoms with van der Waals surface area (Å²) in [5, 5.41) is 4.07. The van der Waals surface area contributed by atoms with E-state index in [-0.39, 0.29) is 11.8 Å². The van der Waals surface area contributed by atoms with Crippen molar-refractivity contribution in [3.8, 4) is 5.75 Å². The van der Waals surface area contributed by atoms with Gasteiger partial charge in [0.25, 0.3) is 5.89 Å². The second-order valence-electron chi connectivity index (χ2n) is 6.39. The number of benzene rings is 1. The quantitative estimate of drug-likeness (QED) is 0.756. The summed E-state index contributed by atoms with van der Waals surface area (Å²) in [5.41, 5.74) is 0.954. The molecular weight excluding hydrogens is 334 g/mol. The third-order valence-corrected chi connectivity index (χ3v) is 4.54. The highest BCUT2D eigenvalue weighted by Gasteiger charge is 2.28. The first kappa shape index (κ1) is 18.4. The van der Waals surface area contributed by atoms with Crippen molar-refractivity contribution in [3.05, 3.63) is 41.5 Å². The Balaban J connectivity index is 1.60. The lowest BCUT2D eigenvalue weighted by molar-refractivity contribution is -0.131. The number of carbonyl (C=O) groups excluding carboxylic acids is 1. The number of nitrogens with zero attached hydrogens (tertiary/aromatic N) is 3. The minimum atomic E-state index is 0.108. The first-order valence-electron chi connectivity index (χ1n) is 9.00. The van der Waals surface area contributed by atoms with E-state index in [2.05, 4.69) is 10.1 Å². The van der Waals surface area contributed by atoms with Crippen LogP contribution in [0.15, 0.2) is 28.8 Å². The van der Waals surface area contributed by atoms with Crippen molar-refractivity contribution in [2.24, 2.45) is 0 Å². The predicted octanol–water partition coefficient (Wildman–Crippen LogP) is 2.56. The Hall–Kier alpha value is -2.41. The van der Waals surface area contributed by atoms with Crippen molar-refractivity contribution in [2.45, 2.75) is 38.7 Å². The molecule has 1 aliphatic heterocycles. The molecule has 140 valence electrons. The molecule has 3 rings (SSSR count). The molecule has 1 fully saturated rings. The van der Waals surface area contributed by atoms with Gasteiger partial charge in [-0.05, 0) is 37.5 Å². The van der Waals surface area contributed by atoms with Crippen LogP contribution in [0.25, 0.3) is 0 Å². The van der Waals surface area contributed by atoms with Crippen LogP contribution in [0, 0.1) is 0 Å². The van der Waals surface area contributed by atoms with Crippen LogP contribution in [0.5, 0.6) is 5.75 Å². The van der Waals surface area contributed by atoms with Gasteiger partial charge in [-0.2, -0.15) is 4.98 Å². The SMILES string of the molecule is CCOCc1nc(C2CCCN(C(=O)Cc3cccc(OC)c3)C2)no1. The lowest BCUT2D eigenvalue weighted by atomic mass is 9.96. The van der Waals surface area contributed by atoms with E-state index in [4.69, 9.17) is 14.0 Å². The third-order valence-electron chi connectivity index (χ3n) is 4.54. The smallest absolute Gasteiger partial charge is 0.252 e. The summed E-state index contributed by atoms with van der Waals surface area (Å²) < 4.78 is 15.8. The highest BCUT2D eigenvalue weighted by molar-refractivity contribution is 5.79. The van der Waals surface area contributed by atoms with E-state index in [1.54, 1.807) is 7.11 Å². The Labute approximate surface area is 153 Å². The molecule has 0 aliphatic carbocycles. The standard InChI is InChI=1S/C19H25N3O4/c1-3-25-13-17-20-19(21-26-17)15-7-5-9-22(12-15)18(23)11-14-6-4-8-16(10-14)24-2/h4,6,8,10,15H,3,5,7,9,11-13H2,1-2H3. The topological polar surface area (TPSA) is 77.7 Å². The van der Waals surface area contributed by atoms with Crippen molar-refractivity contribution in [2.75, 3.05) is 26.8 Å².